The molecule has 0 radical (unpaired) electrons. The summed E-state index contributed by atoms with van der Waals surface area (Å²) in [5.41, 5.74) is 5.81. The van der Waals surface area contributed by atoms with Gasteiger partial charge in [0.15, 0.2) is 0 Å². The van der Waals surface area contributed by atoms with Gasteiger partial charge in [0, 0.05) is 11.6 Å². The molecule has 0 aliphatic heterocycles. The fourth-order valence-electron chi connectivity index (χ4n) is 1.79. The van der Waals surface area contributed by atoms with Gasteiger partial charge in [-0.25, -0.2) is 13.1 Å². The van der Waals surface area contributed by atoms with E-state index in [9.17, 15) is 8.42 Å². The highest BCUT2D eigenvalue weighted by molar-refractivity contribution is 7.89. The van der Waals surface area contributed by atoms with E-state index >= 15 is 0 Å². The first-order valence-corrected chi connectivity index (χ1v) is 8.29. The van der Waals surface area contributed by atoms with E-state index in [0.717, 1.165) is 6.42 Å². The summed E-state index contributed by atoms with van der Waals surface area (Å²) in [6.07, 6.45) is 0.828. The van der Waals surface area contributed by atoms with Crippen LogP contribution in [0.3, 0.4) is 0 Å². The van der Waals surface area contributed by atoms with Gasteiger partial charge in [0.2, 0.25) is 10.0 Å². The van der Waals surface area contributed by atoms with Gasteiger partial charge in [0.1, 0.15) is 4.90 Å². The first kappa shape index (κ1) is 15.6. The third kappa shape index (κ3) is 3.46. The molecule has 1 aromatic rings. The Hall–Kier alpha value is -0.770. The second-order valence-electron chi connectivity index (χ2n) is 4.72. The molecule has 20 heavy (non-hydrogen) atoms. The van der Waals surface area contributed by atoms with E-state index < -0.39 is 10.0 Å². The van der Waals surface area contributed by atoms with Gasteiger partial charge in [0.25, 0.3) is 0 Å². The zero-order chi connectivity index (χ0) is 14.9. The molecule has 0 bridgehead atoms. The van der Waals surface area contributed by atoms with Gasteiger partial charge < -0.3 is 5.73 Å². The zero-order valence-corrected chi connectivity index (χ0v) is 13.1. The van der Waals surface area contributed by atoms with Gasteiger partial charge in [0.05, 0.1) is 16.6 Å². The maximum Gasteiger partial charge on any atom is 0.243 e. The summed E-state index contributed by atoms with van der Waals surface area (Å²) in [5.74, 6) is 5.77. The van der Waals surface area contributed by atoms with Crippen molar-refractivity contribution < 1.29 is 8.42 Å². The van der Waals surface area contributed by atoms with E-state index in [-0.39, 0.29) is 27.5 Å². The molecule has 0 aromatic heterocycles. The Morgan fingerprint density at radius 2 is 1.95 bits per heavy atom. The van der Waals surface area contributed by atoms with Crippen LogP contribution in [0.4, 0.5) is 0 Å². The minimum atomic E-state index is -3.72. The van der Waals surface area contributed by atoms with E-state index in [0.29, 0.717) is 11.5 Å². The maximum absolute atomic E-state index is 12.3. The van der Waals surface area contributed by atoms with Crippen LogP contribution in [0.25, 0.3) is 0 Å². The lowest BCUT2D eigenvalue weighted by Gasteiger charge is -2.10. The standard InChI is InChI=1S/C13H14Cl2N2O2S/c1-8-5-12(8)17-20(18,19)13-10(14)6-9(3-2-4-16)7-11(13)15/h6-8,12,17H,4-5,16H2,1H3. The molecule has 1 saturated carbocycles. The summed E-state index contributed by atoms with van der Waals surface area (Å²) in [4.78, 5) is -0.0989. The molecule has 1 fully saturated rings. The van der Waals surface area contributed by atoms with Crippen LogP contribution in [-0.2, 0) is 10.0 Å². The second kappa shape index (κ2) is 5.92. The molecule has 2 unspecified atom stereocenters. The molecule has 2 atom stereocenters. The number of benzene rings is 1. The van der Waals surface area contributed by atoms with E-state index in [1.165, 1.54) is 12.1 Å². The number of hydrogen-bond acceptors (Lipinski definition) is 3. The average Bonchev–Trinajstić information content (AvgIpc) is 2.99. The minimum Gasteiger partial charge on any atom is -0.320 e. The highest BCUT2D eigenvalue weighted by Gasteiger charge is 2.37. The van der Waals surface area contributed by atoms with Crippen molar-refractivity contribution in [2.24, 2.45) is 11.7 Å². The van der Waals surface area contributed by atoms with Crippen molar-refractivity contribution in [3.8, 4) is 11.8 Å². The van der Waals surface area contributed by atoms with Crippen molar-refractivity contribution in [3.63, 3.8) is 0 Å². The fourth-order valence-corrected chi connectivity index (χ4v) is 4.36. The monoisotopic (exact) mass is 332 g/mol. The van der Waals surface area contributed by atoms with Gasteiger partial charge in [-0.05, 0) is 24.5 Å². The number of halogens is 2. The third-order valence-electron chi connectivity index (χ3n) is 3.02. The number of sulfonamides is 1. The van der Waals surface area contributed by atoms with Gasteiger partial charge in [-0.2, -0.15) is 0 Å². The van der Waals surface area contributed by atoms with Crippen LogP contribution in [0.5, 0.6) is 0 Å². The van der Waals surface area contributed by atoms with Crippen molar-refractivity contribution in [1.82, 2.24) is 4.72 Å². The lowest BCUT2D eigenvalue weighted by Crippen LogP contribution is -2.27. The first-order chi connectivity index (χ1) is 9.35. The molecule has 1 aromatic carbocycles. The molecular formula is C13H14Cl2N2O2S. The lowest BCUT2D eigenvalue weighted by molar-refractivity contribution is 0.578. The smallest absolute Gasteiger partial charge is 0.243 e. The molecule has 0 amide bonds. The summed E-state index contributed by atoms with van der Waals surface area (Å²) >= 11 is 12.1. The second-order valence-corrected chi connectivity index (χ2v) is 7.18. The van der Waals surface area contributed by atoms with Crippen LogP contribution in [0.1, 0.15) is 18.9 Å². The van der Waals surface area contributed by atoms with Gasteiger partial charge in [-0.15, -0.1) is 0 Å². The van der Waals surface area contributed by atoms with Gasteiger partial charge in [-0.1, -0.05) is 42.0 Å². The van der Waals surface area contributed by atoms with Crippen LogP contribution in [0, 0.1) is 17.8 Å². The molecule has 0 saturated heterocycles. The number of nitrogens with two attached hydrogens (primary N) is 1. The van der Waals surface area contributed by atoms with Crippen LogP contribution in [0.2, 0.25) is 10.0 Å². The van der Waals surface area contributed by atoms with Gasteiger partial charge in [-0.3, -0.25) is 0 Å². The summed E-state index contributed by atoms with van der Waals surface area (Å²) in [6.45, 7) is 2.18. The zero-order valence-electron chi connectivity index (χ0n) is 10.8. The van der Waals surface area contributed by atoms with Crippen LogP contribution in [0.15, 0.2) is 17.0 Å². The largest absolute Gasteiger partial charge is 0.320 e. The van der Waals surface area contributed by atoms with Gasteiger partial charge >= 0.3 is 0 Å². The molecule has 4 nitrogen and oxygen atoms in total. The Morgan fingerprint density at radius 1 is 1.40 bits per heavy atom. The summed E-state index contributed by atoms with van der Waals surface area (Å²) in [5, 5.41) is 0.110. The van der Waals surface area contributed by atoms with Crippen molar-refractivity contribution in [1.29, 1.82) is 0 Å². The Balaban J connectivity index is 2.37. The quantitative estimate of drug-likeness (QED) is 0.831. The molecule has 0 spiro atoms. The normalized spacial score (nSPS) is 21.2. The van der Waals surface area contributed by atoms with Crippen LogP contribution < -0.4 is 10.5 Å². The number of nitrogens with one attached hydrogen (secondary N) is 1. The van der Waals surface area contributed by atoms with E-state index in [1.807, 2.05) is 6.92 Å². The van der Waals surface area contributed by atoms with Crippen LogP contribution in [-0.4, -0.2) is 21.0 Å². The summed E-state index contributed by atoms with van der Waals surface area (Å²) in [6, 6.07) is 2.91. The van der Waals surface area contributed by atoms with E-state index in [2.05, 4.69) is 16.6 Å². The summed E-state index contributed by atoms with van der Waals surface area (Å²) < 4.78 is 27.1. The van der Waals surface area contributed by atoms with Crippen molar-refractivity contribution in [2.75, 3.05) is 6.54 Å². The molecule has 1 aliphatic carbocycles. The Labute approximate surface area is 128 Å². The van der Waals surface area contributed by atoms with E-state index in [1.54, 1.807) is 0 Å². The molecule has 3 N–H and O–H groups in total. The van der Waals surface area contributed by atoms with Crippen molar-refractivity contribution >= 4 is 33.2 Å². The molecule has 1 aliphatic rings. The van der Waals surface area contributed by atoms with Crippen molar-refractivity contribution in [3.05, 3.63) is 27.7 Å². The molecule has 7 heteroatoms. The number of hydrogen-bond donors (Lipinski definition) is 2. The molecule has 2 rings (SSSR count). The predicted molar refractivity (Wildman–Crippen MR) is 80.3 cm³/mol. The Kier molecular flexibility index (Phi) is 4.62. The average molecular weight is 333 g/mol. The maximum atomic E-state index is 12.3. The number of rotatable bonds is 3. The molecule has 0 heterocycles. The minimum absolute atomic E-state index is 0.0381. The molecule has 108 valence electrons. The first-order valence-electron chi connectivity index (χ1n) is 6.05. The summed E-state index contributed by atoms with van der Waals surface area (Å²) in [7, 11) is -3.72. The molecular weight excluding hydrogens is 319 g/mol. The Bertz CT molecular complexity index is 669. The highest BCUT2D eigenvalue weighted by Crippen LogP contribution is 2.35. The topological polar surface area (TPSA) is 72.2 Å². The van der Waals surface area contributed by atoms with Crippen molar-refractivity contribution in [2.45, 2.75) is 24.3 Å². The lowest BCUT2D eigenvalue weighted by atomic mass is 10.2. The third-order valence-corrected chi connectivity index (χ3v) is 5.43. The fraction of sp³-hybridized carbons (Fsp3) is 0.385. The van der Waals surface area contributed by atoms with Crippen LogP contribution >= 0.6 is 23.2 Å². The predicted octanol–water partition coefficient (Wildman–Crippen LogP) is 1.99. The SMILES string of the molecule is CC1CC1NS(=O)(=O)c1c(Cl)cc(C#CCN)cc1Cl. The van der Waals surface area contributed by atoms with E-state index in [4.69, 9.17) is 28.9 Å². The highest BCUT2D eigenvalue weighted by atomic mass is 35.5. The Morgan fingerprint density at radius 3 is 2.40 bits per heavy atom.